The van der Waals surface area contributed by atoms with Crippen LogP contribution in [-0.4, -0.2) is 25.2 Å². The molecular weight excluding hydrogens is 419 g/mol. The Morgan fingerprint density at radius 2 is 1.89 bits per heavy atom. The van der Waals surface area contributed by atoms with Gasteiger partial charge in [0.05, 0.1) is 4.90 Å². The molecule has 2 aromatic carbocycles. The van der Waals surface area contributed by atoms with Crippen LogP contribution < -0.4 is 4.74 Å². The van der Waals surface area contributed by atoms with Crippen LogP contribution in [0, 0.1) is 5.82 Å². The standard InChI is InChI=1S/C16H10ClF5O4S/c17-7-3-8(18)5-9(4-7)26-11-1-2-12(27(24,25)15(19)20)13-10(11)6-16(21,22)14(13)23/h1-5,14-15,23H,6H2. The minimum absolute atomic E-state index is 0.0519. The van der Waals surface area contributed by atoms with Gasteiger partial charge in [0.1, 0.15) is 23.4 Å². The Kier molecular flexibility index (Phi) is 4.86. The predicted octanol–water partition coefficient (Wildman–Crippen LogP) is 4.49. The van der Waals surface area contributed by atoms with Crippen molar-refractivity contribution in [1.82, 2.24) is 0 Å². The molecule has 0 fully saturated rings. The van der Waals surface area contributed by atoms with Crippen LogP contribution in [-0.2, 0) is 16.3 Å². The molecule has 2 aromatic rings. The van der Waals surface area contributed by atoms with Gasteiger partial charge in [-0.15, -0.1) is 0 Å². The zero-order valence-corrected chi connectivity index (χ0v) is 14.7. The monoisotopic (exact) mass is 428 g/mol. The third kappa shape index (κ3) is 3.48. The van der Waals surface area contributed by atoms with E-state index < -0.39 is 55.9 Å². The molecule has 1 aliphatic carbocycles. The van der Waals surface area contributed by atoms with Crippen LogP contribution in [0.3, 0.4) is 0 Å². The number of rotatable bonds is 4. The Labute approximate surface area is 155 Å². The Morgan fingerprint density at radius 1 is 1.22 bits per heavy atom. The lowest BCUT2D eigenvalue weighted by atomic mass is 10.1. The fraction of sp³-hybridized carbons (Fsp3) is 0.250. The summed E-state index contributed by atoms with van der Waals surface area (Å²) in [5, 5.41) is 9.77. The summed E-state index contributed by atoms with van der Waals surface area (Å²) >= 11 is 5.68. The van der Waals surface area contributed by atoms with Crippen LogP contribution >= 0.6 is 11.6 Å². The highest BCUT2D eigenvalue weighted by molar-refractivity contribution is 7.91. The van der Waals surface area contributed by atoms with Gasteiger partial charge in [0.25, 0.3) is 5.92 Å². The van der Waals surface area contributed by atoms with E-state index in [-0.39, 0.29) is 16.5 Å². The molecule has 0 aromatic heterocycles. The van der Waals surface area contributed by atoms with E-state index in [4.69, 9.17) is 16.3 Å². The highest BCUT2D eigenvalue weighted by Crippen LogP contribution is 2.50. The zero-order valence-electron chi connectivity index (χ0n) is 13.1. The minimum atomic E-state index is -5.25. The van der Waals surface area contributed by atoms with Crippen LogP contribution in [0.25, 0.3) is 0 Å². The average molecular weight is 429 g/mol. The topological polar surface area (TPSA) is 63.6 Å². The van der Waals surface area contributed by atoms with Crippen molar-refractivity contribution in [3.8, 4) is 11.5 Å². The summed E-state index contributed by atoms with van der Waals surface area (Å²) in [5.74, 6) is -8.96. The van der Waals surface area contributed by atoms with Gasteiger partial charge in [-0.2, -0.15) is 8.78 Å². The molecule has 0 aliphatic heterocycles. The Hall–Kier alpha value is -1.91. The van der Waals surface area contributed by atoms with Crippen LogP contribution in [0.2, 0.25) is 5.02 Å². The highest BCUT2D eigenvalue weighted by atomic mass is 35.5. The van der Waals surface area contributed by atoms with Crippen molar-refractivity contribution >= 4 is 21.4 Å². The summed E-state index contributed by atoms with van der Waals surface area (Å²) in [6.45, 7) is 0. The number of aliphatic hydroxyl groups excluding tert-OH is 1. The number of fused-ring (bicyclic) bond motifs is 1. The molecule has 146 valence electrons. The maximum Gasteiger partial charge on any atom is 0.341 e. The van der Waals surface area contributed by atoms with Gasteiger partial charge in [-0.1, -0.05) is 11.6 Å². The first-order valence-electron chi connectivity index (χ1n) is 7.31. The number of aliphatic hydroxyl groups is 1. The summed E-state index contributed by atoms with van der Waals surface area (Å²) in [6, 6.07) is 4.56. The lowest BCUT2D eigenvalue weighted by Gasteiger charge is -2.16. The minimum Gasteiger partial charge on any atom is -0.457 e. The van der Waals surface area contributed by atoms with Crippen molar-refractivity contribution in [1.29, 1.82) is 0 Å². The predicted molar refractivity (Wildman–Crippen MR) is 84.7 cm³/mol. The van der Waals surface area contributed by atoms with Gasteiger partial charge in [-0.25, -0.2) is 21.6 Å². The molecule has 0 saturated heterocycles. The van der Waals surface area contributed by atoms with E-state index in [0.29, 0.717) is 6.07 Å². The fourth-order valence-electron chi connectivity index (χ4n) is 2.80. The third-order valence-corrected chi connectivity index (χ3v) is 5.62. The summed E-state index contributed by atoms with van der Waals surface area (Å²) < 4.78 is 96.0. The van der Waals surface area contributed by atoms with Gasteiger partial charge in [0.2, 0.25) is 9.84 Å². The first-order valence-corrected chi connectivity index (χ1v) is 9.23. The van der Waals surface area contributed by atoms with E-state index in [2.05, 4.69) is 0 Å². The quantitative estimate of drug-likeness (QED) is 0.729. The zero-order chi connectivity index (χ0) is 20.1. The molecule has 4 nitrogen and oxygen atoms in total. The second-order valence-electron chi connectivity index (χ2n) is 5.81. The van der Waals surface area contributed by atoms with Crippen LogP contribution in [0.5, 0.6) is 11.5 Å². The van der Waals surface area contributed by atoms with Crippen LogP contribution in [0.4, 0.5) is 22.0 Å². The highest BCUT2D eigenvalue weighted by Gasteiger charge is 2.51. The maximum atomic E-state index is 14.0. The summed E-state index contributed by atoms with van der Waals surface area (Å²) in [4.78, 5) is -1.11. The molecule has 0 amide bonds. The molecule has 0 spiro atoms. The second-order valence-corrected chi connectivity index (χ2v) is 8.13. The molecule has 27 heavy (non-hydrogen) atoms. The molecule has 1 atom stereocenters. The summed E-state index contributed by atoms with van der Waals surface area (Å²) in [5.41, 5.74) is -1.32. The largest absolute Gasteiger partial charge is 0.457 e. The van der Waals surface area contributed by atoms with Crippen LogP contribution in [0.15, 0.2) is 35.2 Å². The van der Waals surface area contributed by atoms with Gasteiger partial charge >= 0.3 is 5.76 Å². The Bertz CT molecular complexity index is 990. The molecule has 11 heteroatoms. The van der Waals surface area contributed by atoms with Gasteiger partial charge in [-0.3, -0.25) is 0 Å². The van der Waals surface area contributed by atoms with Gasteiger partial charge in [0, 0.05) is 28.6 Å². The van der Waals surface area contributed by atoms with Crippen molar-refractivity contribution in [2.75, 3.05) is 0 Å². The summed E-state index contributed by atoms with van der Waals surface area (Å²) in [6.07, 6.45) is -3.76. The lowest BCUT2D eigenvalue weighted by Crippen LogP contribution is -2.23. The van der Waals surface area contributed by atoms with Crippen molar-refractivity contribution in [2.45, 2.75) is 29.1 Å². The second kappa shape index (κ2) is 6.61. The van der Waals surface area contributed by atoms with E-state index in [1.54, 1.807) is 0 Å². The van der Waals surface area contributed by atoms with E-state index >= 15 is 0 Å². The molecule has 1 unspecified atom stereocenters. The number of hydrogen-bond donors (Lipinski definition) is 1. The lowest BCUT2D eigenvalue weighted by molar-refractivity contribution is -0.0976. The van der Waals surface area contributed by atoms with E-state index in [9.17, 15) is 35.5 Å². The first kappa shape index (κ1) is 19.8. The number of ether oxygens (including phenoxy) is 1. The molecular formula is C16H10ClF5O4S. The third-order valence-electron chi connectivity index (χ3n) is 3.97. The molecule has 1 N–H and O–H groups in total. The smallest absolute Gasteiger partial charge is 0.341 e. The van der Waals surface area contributed by atoms with Gasteiger partial charge in [-0.05, 0) is 24.3 Å². The molecule has 0 heterocycles. The normalized spacial score (nSPS) is 18.6. The molecule has 3 rings (SSSR count). The van der Waals surface area contributed by atoms with Gasteiger partial charge < -0.3 is 9.84 Å². The number of halogens is 6. The van der Waals surface area contributed by atoms with E-state index in [0.717, 1.165) is 18.2 Å². The number of alkyl halides is 4. The van der Waals surface area contributed by atoms with Crippen molar-refractivity contribution in [2.24, 2.45) is 0 Å². The van der Waals surface area contributed by atoms with E-state index in [1.165, 1.54) is 6.07 Å². The SMILES string of the molecule is O=S(=O)(c1ccc(Oc2cc(F)cc(Cl)c2)c2c1C(O)C(F)(F)C2)C(F)F. The first-order chi connectivity index (χ1) is 12.4. The molecule has 0 saturated carbocycles. The van der Waals surface area contributed by atoms with Crippen molar-refractivity contribution < 1.29 is 40.2 Å². The van der Waals surface area contributed by atoms with E-state index in [1.807, 2.05) is 0 Å². The number of benzene rings is 2. The van der Waals surface area contributed by atoms with Gasteiger partial charge in [0.15, 0.2) is 0 Å². The van der Waals surface area contributed by atoms with Crippen LogP contribution in [0.1, 0.15) is 17.2 Å². The van der Waals surface area contributed by atoms with Crippen molar-refractivity contribution in [3.63, 3.8) is 0 Å². The summed E-state index contributed by atoms with van der Waals surface area (Å²) in [7, 11) is -5.25. The Balaban J connectivity index is 2.17. The number of hydrogen-bond acceptors (Lipinski definition) is 4. The van der Waals surface area contributed by atoms with Crippen molar-refractivity contribution in [3.05, 3.63) is 52.3 Å². The number of sulfone groups is 1. The molecule has 0 bridgehead atoms. The Morgan fingerprint density at radius 3 is 2.48 bits per heavy atom. The maximum absolute atomic E-state index is 14.0. The fourth-order valence-corrected chi connectivity index (χ4v) is 4.01. The average Bonchev–Trinajstić information content (AvgIpc) is 2.77. The molecule has 1 aliphatic rings. The molecule has 0 radical (unpaired) electrons.